The minimum absolute atomic E-state index is 0.157. The van der Waals surface area contributed by atoms with Gasteiger partial charge >= 0.3 is 0 Å². The summed E-state index contributed by atoms with van der Waals surface area (Å²) in [5.74, 6) is 0.789. The van der Waals surface area contributed by atoms with Gasteiger partial charge in [0.15, 0.2) is 0 Å². The Morgan fingerprint density at radius 3 is 2.83 bits per heavy atom. The molecule has 0 saturated heterocycles. The Hall–Kier alpha value is -1.78. The molecule has 1 N–H and O–H groups in total. The molecule has 2 aromatic rings. The van der Waals surface area contributed by atoms with E-state index in [1.54, 1.807) is 18.0 Å². The number of hydrogen-bond acceptors (Lipinski definition) is 3. The molecule has 0 bridgehead atoms. The van der Waals surface area contributed by atoms with E-state index in [4.69, 9.17) is 11.6 Å². The number of nitrogens with zero attached hydrogens (tertiary/aromatic N) is 1. The van der Waals surface area contributed by atoms with Gasteiger partial charge in [0.25, 0.3) is 0 Å². The molecule has 0 fully saturated rings. The molecule has 3 nitrogen and oxygen atoms in total. The first-order chi connectivity index (χ1) is 11.1. The van der Waals surface area contributed by atoms with E-state index in [-0.39, 0.29) is 12.3 Å². The van der Waals surface area contributed by atoms with E-state index in [9.17, 15) is 4.79 Å². The minimum Gasteiger partial charge on any atom is -0.273 e. The summed E-state index contributed by atoms with van der Waals surface area (Å²) in [7, 11) is 0. The van der Waals surface area contributed by atoms with Gasteiger partial charge in [-0.2, -0.15) is 5.10 Å². The Balaban J connectivity index is 2.00. The van der Waals surface area contributed by atoms with Crippen LogP contribution in [-0.2, 0) is 11.2 Å². The highest BCUT2D eigenvalue weighted by atomic mass is 35.5. The lowest BCUT2D eigenvalue weighted by Gasteiger charge is -2.08. The smallest absolute Gasteiger partial charge is 0.244 e. The van der Waals surface area contributed by atoms with Crippen molar-refractivity contribution in [3.63, 3.8) is 0 Å². The highest BCUT2D eigenvalue weighted by molar-refractivity contribution is 7.99. The first kappa shape index (κ1) is 17.6. The molecular weight excluding hydrogens is 328 g/mol. The first-order valence-corrected chi connectivity index (χ1v) is 8.75. The maximum atomic E-state index is 12.1. The third kappa shape index (κ3) is 5.41. The normalized spacial score (nSPS) is 10.9. The fourth-order valence-corrected chi connectivity index (χ4v) is 3.09. The van der Waals surface area contributed by atoms with Gasteiger partial charge in [-0.25, -0.2) is 5.43 Å². The van der Waals surface area contributed by atoms with Crippen LogP contribution in [0.3, 0.4) is 0 Å². The van der Waals surface area contributed by atoms with Crippen LogP contribution < -0.4 is 5.43 Å². The molecule has 0 atom stereocenters. The number of nitrogens with one attached hydrogen (secondary N) is 1. The third-order valence-electron chi connectivity index (χ3n) is 3.25. The summed E-state index contributed by atoms with van der Waals surface area (Å²) in [6.45, 7) is 4.08. The summed E-state index contributed by atoms with van der Waals surface area (Å²) < 4.78 is 0. The van der Waals surface area contributed by atoms with Crippen LogP contribution in [0.15, 0.2) is 52.5 Å². The largest absolute Gasteiger partial charge is 0.273 e. The average Bonchev–Trinajstić information content (AvgIpc) is 2.52. The number of carbonyl (C=O) groups excluding carboxylic acids is 1. The molecule has 0 radical (unpaired) electrons. The van der Waals surface area contributed by atoms with Crippen molar-refractivity contribution < 1.29 is 4.79 Å². The van der Waals surface area contributed by atoms with E-state index in [0.29, 0.717) is 5.02 Å². The Kier molecular flexibility index (Phi) is 6.68. The maximum Gasteiger partial charge on any atom is 0.244 e. The minimum atomic E-state index is -0.157. The second-order valence-corrected chi connectivity index (χ2v) is 6.75. The van der Waals surface area contributed by atoms with Gasteiger partial charge in [-0.15, -0.1) is 11.8 Å². The molecule has 0 unspecified atom stereocenters. The summed E-state index contributed by atoms with van der Waals surface area (Å²) in [6.07, 6.45) is 1.92. The molecule has 0 heterocycles. The lowest BCUT2D eigenvalue weighted by molar-refractivity contribution is -0.120. The van der Waals surface area contributed by atoms with Crippen LogP contribution >= 0.6 is 23.4 Å². The summed E-state index contributed by atoms with van der Waals surface area (Å²) in [5, 5.41) is 4.67. The standard InChI is InChI=1S/C18H19ClN2OS/c1-3-23-17-9-8-16(19)10-15(17)11-18(22)21-20-12-14-7-5-4-6-13(14)2/h4-10,12H,3,11H2,1-2H3,(H,21,22)/b20-12-. The number of rotatable bonds is 6. The van der Waals surface area contributed by atoms with Crippen LogP contribution in [0.25, 0.3) is 0 Å². The van der Waals surface area contributed by atoms with Crippen LogP contribution in [0.1, 0.15) is 23.6 Å². The van der Waals surface area contributed by atoms with E-state index in [1.165, 1.54) is 0 Å². The van der Waals surface area contributed by atoms with Gasteiger partial charge in [0, 0.05) is 9.92 Å². The van der Waals surface area contributed by atoms with Crippen LogP contribution in [0.2, 0.25) is 5.02 Å². The Morgan fingerprint density at radius 2 is 2.09 bits per heavy atom. The van der Waals surface area contributed by atoms with Gasteiger partial charge in [0.2, 0.25) is 5.91 Å². The maximum absolute atomic E-state index is 12.1. The number of benzene rings is 2. The van der Waals surface area contributed by atoms with Gasteiger partial charge in [0.1, 0.15) is 0 Å². The first-order valence-electron chi connectivity index (χ1n) is 7.39. The van der Waals surface area contributed by atoms with E-state index in [2.05, 4.69) is 17.5 Å². The monoisotopic (exact) mass is 346 g/mol. The van der Waals surface area contributed by atoms with Crippen LogP contribution in [0, 0.1) is 6.92 Å². The topological polar surface area (TPSA) is 41.5 Å². The van der Waals surface area contributed by atoms with Gasteiger partial charge in [-0.1, -0.05) is 42.8 Å². The number of hydrogen-bond donors (Lipinski definition) is 1. The van der Waals surface area contributed by atoms with Crippen molar-refractivity contribution in [3.05, 3.63) is 64.2 Å². The molecule has 2 aromatic carbocycles. The van der Waals surface area contributed by atoms with Crippen molar-refractivity contribution in [2.24, 2.45) is 5.10 Å². The van der Waals surface area contributed by atoms with E-state index >= 15 is 0 Å². The van der Waals surface area contributed by atoms with Crippen molar-refractivity contribution in [1.82, 2.24) is 5.43 Å². The number of carbonyl (C=O) groups is 1. The van der Waals surface area contributed by atoms with Crippen molar-refractivity contribution in [2.45, 2.75) is 25.2 Å². The summed E-state index contributed by atoms with van der Waals surface area (Å²) in [6, 6.07) is 13.5. The summed E-state index contributed by atoms with van der Waals surface area (Å²) >= 11 is 7.73. The Bertz CT molecular complexity index is 716. The molecule has 0 aromatic heterocycles. The quantitative estimate of drug-likeness (QED) is 0.477. The lowest BCUT2D eigenvalue weighted by Crippen LogP contribution is -2.20. The molecule has 0 aliphatic carbocycles. The molecular formula is C18H19ClN2OS. The highest BCUT2D eigenvalue weighted by Crippen LogP contribution is 2.26. The predicted octanol–water partition coefficient (Wildman–Crippen LogP) is 4.45. The fraction of sp³-hybridized carbons (Fsp3) is 0.222. The predicted molar refractivity (Wildman–Crippen MR) is 98.5 cm³/mol. The van der Waals surface area contributed by atoms with E-state index in [0.717, 1.165) is 27.3 Å². The lowest BCUT2D eigenvalue weighted by atomic mass is 10.1. The second kappa shape index (κ2) is 8.75. The highest BCUT2D eigenvalue weighted by Gasteiger charge is 2.08. The Labute approximate surface area is 146 Å². The van der Waals surface area contributed by atoms with Crippen LogP contribution in [-0.4, -0.2) is 17.9 Å². The molecule has 0 aliphatic heterocycles. The van der Waals surface area contributed by atoms with E-state index in [1.807, 2.05) is 49.4 Å². The van der Waals surface area contributed by atoms with Crippen molar-refractivity contribution >= 4 is 35.5 Å². The van der Waals surface area contributed by atoms with Gasteiger partial charge < -0.3 is 0 Å². The van der Waals surface area contributed by atoms with Gasteiger partial charge in [-0.05, 0) is 47.6 Å². The van der Waals surface area contributed by atoms with Crippen molar-refractivity contribution in [3.8, 4) is 0 Å². The fourth-order valence-electron chi connectivity index (χ4n) is 2.10. The van der Waals surface area contributed by atoms with Gasteiger partial charge in [0.05, 0.1) is 12.6 Å². The SMILES string of the molecule is CCSc1ccc(Cl)cc1CC(=O)N/N=C\c1ccccc1C. The number of halogens is 1. The molecule has 2 rings (SSSR count). The van der Waals surface area contributed by atoms with E-state index < -0.39 is 0 Å². The molecule has 0 aliphatic rings. The van der Waals surface area contributed by atoms with Crippen LogP contribution in [0.5, 0.6) is 0 Å². The summed E-state index contributed by atoms with van der Waals surface area (Å²) in [4.78, 5) is 13.2. The van der Waals surface area contributed by atoms with Crippen molar-refractivity contribution in [1.29, 1.82) is 0 Å². The molecule has 5 heteroatoms. The number of aryl methyl sites for hydroxylation is 1. The average molecular weight is 347 g/mol. The number of thioether (sulfide) groups is 1. The summed E-state index contributed by atoms with van der Waals surface area (Å²) in [5.41, 5.74) is 5.59. The third-order valence-corrected chi connectivity index (χ3v) is 4.49. The van der Waals surface area contributed by atoms with Crippen molar-refractivity contribution in [2.75, 3.05) is 5.75 Å². The molecule has 0 spiro atoms. The molecule has 0 saturated carbocycles. The Morgan fingerprint density at radius 1 is 1.30 bits per heavy atom. The zero-order chi connectivity index (χ0) is 16.7. The number of hydrazone groups is 1. The zero-order valence-electron chi connectivity index (χ0n) is 13.2. The zero-order valence-corrected chi connectivity index (χ0v) is 14.7. The number of amides is 1. The second-order valence-electron chi connectivity index (χ2n) is 5.01. The molecule has 120 valence electrons. The van der Waals surface area contributed by atoms with Gasteiger partial charge in [-0.3, -0.25) is 4.79 Å². The van der Waals surface area contributed by atoms with Crippen LogP contribution in [0.4, 0.5) is 0 Å². The molecule has 23 heavy (non-hydrogen) atoms. The molecule has 1 amide bonds.